The van der Waals surface area contributed by atoms with Gasteiger partial charge < -0.3 is 15.4 Å². The molecule has 0 aromatic heterocycles. The molecule has 7 nitrogen and oxygen atoms in total. The molecule has 1 aliphatic carbocycles. The third-order valence-corrected chi connectivity index (χ3v) is 8.70. The number of fused-ring (bicyclic) bond motifs is 2. The summed E-state index contributed by atoms with van der Waals surface area (Å²) in [7, 11) is -3.76. The quantitative estimate of drug-likeness (QED) is 0.690. The van der Waals surface area contributed by atoms with E-state index in [1.54, 1.807) is 22.5 Å². The van der Waals surface area contributed by atoms with Crippen molar-refractivity contribution in [3.05, 3.63) is 42.0 Å². The third-order valence-electron chi connectivity index (χ3n) is 6.76. The number of ether oxygens (including phenoxy) is 1. The first-order chi connectivity index (χ1) is 15.4. The Morgan fingerprint density at radius 1 is 1.03 bits per heavy atom. The molecule has 0 atom stereocenters. The lowest BCUT2D eigenvalue weighted by Gasteiger charge is -2.30. The van der Waals surface area contributed by atoms with Crippen molar-refractivity contribution in [1.29, 1.82) is 0 Å². The molecule has 2 aromatic carbocycles. The largest absolute Gasteiger partial charge is 0.454 e. The van der Waals surface area contributed by atoms with E-state index in [2.05, 4.69) is 17.6 Å². The number of benzene rings is 2. The van der Waals surface area contributed by atoms with Crippen molar-refractivity contribution in [2.45, 2.75) is 56.4 Å². The molecule has 5 rings (SSSR count). The molecular weight excluding hydrogens is 426 g/mol. The van der Waals surface area contributed by atoms with Crippen LogP contribution in [0.2, 0.25) is 0 Å². The van der Waals surface area contributed by atoms with E-state index in [9.17, 15) is 13.2 Å². The SMILES string of the molecule is CC1CCN(S(=O)(=O)c2cc3c(cc2NC2CCCC2)Oc2ccccc2NC3=O)CC1. The van der Waals surface area contributed by atoms with Gasteiger partial charge in [-0.2, -0.15) is 4.31 Å². The monoisotopic (exact) mass is 455 g/mol. The number of hydrogen-bond donors (Lipinski definition) is 2. The van der Waals surface area contributed by atoms with E-state index >= 15 is 0 Å². The number of nitrogens with one attached hydrogen (secondary N) is 2. The lowest BCUT2D eigenvalue weighted by atomic mass is 10.0. The van der Waals surface area contributed by atoms with Crippen LogP contribution in [0.15, 0.2) is 41.3 Å². The van der Waals surface area contributed by atoms with Gasteiger partial charge in [-0.1, -0.05) is 31.9 Å². The van der Waals surface area contributed by atoms with E-state index in [0.717, 1.165) is 38.5 Å². The fraction of sp³-hybridized carbons (Fsp3) is 0.458. The summed E-state index contributed by atoms with van der Waals surface area (Å²) in [6.45, 7) is 3.15. The number of piperidine rings is 1. The summed E-state index contributed by atoms with van der Waals surface area (Å²) in [5.74, 6) is 1.04. The molecule has 2 fully saturated rings. The second kappa shape index (κ2) is 8.41. The predicted molar refractivity (Wildman–Crippen MR) is 124 cm³/mol. The molecule has 8 heteroatoms. The minimum Gasteiger partial charge on any atom is -0.454 e. The van der Waals surface area contributed by atoms with Crippen LogP contribution in [0, 0.1) is 5.92 Å². The van der Waals surface area contributed by atoms with Gasteiger partial charge in [-0.05, 0) is 49.8 Å². The van der Waals surface area contributed by atoms with Gasteiger partial charge in [0.2, 0.25) is 10.0 Å². The number of anilines is 2. The number of rotatable bonds is 4. The fourth-order valence-electron chi connectivity index (χ4n) is 4.77. The van der Waals surface area contributed by atoms with Crippen molar-refractivity contribution < 1.29 is 17.9 Å². The summed E-state index contributed by atoms with van der Waals surface area (Å²) < 4.78 is 35.0. The minimum atomic E-state index is -3.76. The second-order valence-corrected chi connectivity index (χ2v) is 11.0. The lowest BCUT2D eigenvalue weighted by Crippen LogP contribution is -2.38. The van der Waals surface area contributed by atoms with Crippen LogP contribution in [-0.2, 0) is 10.0 Å². The van der Waals surface area contributed by atoms with Crippen molar-refractivity contribution in [2.24, 2.45) is 5.92 Å². The first-order valence-electron chi connectivity index (χ1n) is 11.4. The zero-order valence-corrected chi connectivity index (χ0v) is 19.1. The van der Waals surface area contributed by atoms with Crippen molar-refractivity contribution in [2.75, 3.05) is 23.7 Å². The first kappa shape index (κ1) is 21.3. The van der Waals surface area contributed by atoms with Crippen LogP contribution in [0.4, 0.5) is 11.4 Å². The molecule has 32 heavy (non-hydrogen) atoms. The summed E-state index contributed by atoms with van der Waals surface area (Å²) in [5, 5.41) is 6.30. The predicted octanol–water partition coefficient (Wildman–Crippen LogP) is 4.82. The summed E-state index contributed by atoms with van der Waals surface area (Å²) in [6.07, 6.45) is 5.94. The number of nitrogens with zero attached hydrogens (tertiary/aromatic N) is 1. The highest BCUT2D eigenvalue weighted by Crippen LogP contribution is 2.41. The molecule has 2 heterocycles. The van der Waals surface area contributed by atoms with Gasteiger partial charge in [-0.3, -0.25) is 4.79 Å². The Morgan fingerprint density at radius 3 is 2.50 bits per heavy atom. The van der Waals surface area contributed by atoms with E-state index < -0.39 is 10.0 Å². The summed E-state index contributed by atoms with van der Waals surface area (Å²) in [5.41, 5.74) is 1.30. The fourth-order valence-corrected chi connectivity index (χ4v) is 6.40. The molecule has 2 aliphatic heterocycles. The van der Waals surface area contributed by atoms with Crippen LogP contribution in [0.3, 0.4) is 0 Å². The molecule has 0 radical (unpaired) electrons. The highest BCUT2D eigenvalue weighted by atomic mass is 32.2. The smallest absolute Gasteiger partial charge is 0.259 e. The van der Waals surface area contributed by atoms with Crippen molar-refractivity contribution in [3.8, 4) is 11.5 Å². The topological polar surface area (TPSA) is 87.7 Å². The van der Waals surface area contributed by atoms with Crippen molar-refractivity contribution in [1.82, 2.24) is 4.31 Å². The van der Waals surface area contributed by atoms with Gasteiger partial charge in [0.1, 0.15) is 10.6 Å². The Bertz CT molecular complexity index is 1130. The molecule has 0 unspecified atom stereocenters. The molecule has 3 aliphatic rings. The maximum Gasteiger partial charge on any atom is 0.259 e. The van der Waals surface area contributed by atoms with Gasteiger partial charge in [0.05, 0.1) is 16.9 Å². The van der Waals surface area contributed by atoms with E-state index in [1.807, 2.05) is 12.1 Å². The molecule has 1 amide bonds. The highest BCUT2D eigenvalue weighted by molar-refractivity contribution is 7.89. The maximum absolute atomic E-state index is 13.7. The Morgan fingerprint density at radius 2 is 1.75 bits per heavy atom. The molecule has 0 bridgehead atoms. The van der Waals surface area contributed by atoms with E-state index in [1.165, 1.54) is 6.07 Å². The van der Waals surface area contributed by atoms with Crippen LogP contribution >= 0.6 is 0 Å². The van der Waals surface area contributed by atoms with Crippen molar-refractivity contribution in [3.63, 3.8) is 0 Å². The normalized spacial score (nSPS) is 20.1. The zero-order chi connectivity index (χ0) is 22.3. The maximum atomic E-state index is 13.7. The molecule has 170 valence electrons. The molecule has 1 saturated heterocycles. The Hall–Kier alpha value is -2.58. The van der Waals surface area contributed by atoms with Gasteiger partial charge in [0.25, 0.3) is 5.91 Å². The van der Waals surface area contributed by atoms with Crippen LogP contribution in [0.5, 0.6) is 11.5 Å². The molecule has 2 N–H and O–H groups in total. The van der Waals surface area contributed by atoms with E-state index in [0.29, 0.717) is 41.9 Å². The molecular formula is C24H29N3O4S. The standard InChI is InChI=1S/C24H29N3O4S/c1-16-10-12-27(13-11-16)32(29,30)23-14-18-22(15-20(23)25-17-6-2-3-7-17)31-21-9-5-4-8-19(21)26-24(18)28/h4-5,8-9,14-17,25H,2-3,6-7,10-13H2,1H3,(H,26,28). The zero-order valence-electron chi connectivity index (χ0n) is 18.3. The Kier molecular flexibility index (Phi) is 5.59. The summed E-state index contributed by atoms with van der Waals surface area (Å²) in [6, 6.07) is 10.6. The Balaban J connectivity index is 1.59. The number of para-hydroxylation sites is 2. The number of carbonyl (C=O) groups excluding carboxylic acids is 1. The molecule has 1 saturated carbocycles. The van der Waals surface area contributed by atoms with E-state index in [4.69, 9.17) is 4.74 Å². The van der Waals surface area contributed by atoms with Gasteiger partial charge in [0.15, 0.2) is 5.75 Å². The highest BCUT2D eigenvalue weighted by Gasteiger charge is 2.33. The third kappa shape index (κ3) is 3.97. The van der Waals surface area contributed by atoms with Gasteiger partial charge in [-0.15, -0.1) is 0 Å². The van der Waals surface area contributed by atoms with E-state index in [-0.39, 0.29) is 22.4 Å². The van der Waals surface area contributed by atoms with Crippen LogP contribution < -0.4 is 15.4 Å². The van der Waals surface area contributed by atoms with Crippen LogP contribution in [0.1, 0.15) is 55.8 Å². The molecule has 2 aromatic rings. The average molecular weight is 456 g/mol. The minimum absolute atomic E-state index is 0.155. The molecule has 0 spiro atoms. The van der Waals surface area contributed by atoms with Gasteiger partial charge in [-0.25, -0.2) is 8.42 Å². The lowest BCUT2D eigenvalue weighted by molar-refractivity contribution is 0.102. The van der Waals surface area contributed by atoms with Gasteiger partial charge in [0, 0.05) is 25.2 Å². The average Bonchev–Trinajstić information content (AvgIpc) is 3.23. The van der Waals surface area contributed by atoms with Crippen LogP contribution in [0.25, 0.3) is 0 Å². The summed E-state index contributed by atoms with van der Waals surface area (Å²) >= 11 is 0. The number of carbonyl (C=O) groups is 1. The Labute approximate surface area is 189 Å². The van der Waals surface area contributed by atoms with Crippen LogP contribution in [-0.4, -0.2) is 37.8 Å². The number of sulfonamides is 1. The van der Waals surface area contributed by atoms with Gasteiger partial charge >= 0.3 is 0 Å². The number of amides is 1. The summed E-state index contributed by atoms with van der Waals surface area (Å²) in [4.78, 5) is 13.2. The van der Waals surface area contributed by atoms with Crippen molar-refractivity contribution >= 4 is 27.3 Å². The number of hydrogen-bond acceptors (Lipinski definition) is 5. The second-order valence-electron chi connectivity index (χ2n) is 9.11. The first-order valence-corrected chi connectivity index (χ1v) is 12.9.